The van der Waals surface area contributed by atoms with E-state index in [1.165, 1.54) is 18.5 Å². The number of benzene rings is 1. The Labute approximate surface area is 97.9 Å². The van der Waals surface area contributed by atoms with Gasteiger partial charge in [-0.1, -0.05) is 25.1 Å². The lowest BCUT2D eigenvalue weighted by molar-refractivity contribution is 0.174. The molecule has 1 heterocycles. The normalized spacial score (nSPS) is 22.4. The van der Waals surface area contributed by atoms with Crippen LogP contribution in [-0.4, -0.2) is 17.7 Å². The molecule has 0 aliphatic carbocycles. The van der Waals surface area contributed by atoms with Crippen molar-refractivity contribution in [3.05, 3.63) is 29.8 Å². The van der Waals surface area contributed by atoms with Crippen molar-refractivity contribution in [3.8, 4) is 0 Å². The molecule has 0 spiro atoms. The average molecular weight is 219 g/mol. The van der Waals surface area contributed by atoms with Crippen LogP contribution in [-0.2, 0) is 0 Å². The molecule has 88 valence electrons. The number of para-hydroxylation sites is 1. The van der Waals surface area contributed by atoms with E-state index in [-0.39, 0.29) is 6.10 Å². The quantitative estimate of drug-likeness (QED) is 0.844. The summed E-state index contributed by atoms with van der Waals surface area (Å²) in [6, 6.07) is 8.86. The summed E-state index contributed by atoms with van der Waals surface area (Å²) in [5.41, 5.74) is 2.31. The Hall–Kier alpha value is -1.02. The summed E-state index contributed by atoms with van der Waals surface area (Å²) >= 11 is 0. The third-order valence-corrected chi connectivity index (χ3v) is 3.54. The minimum absolute atomic E-state index is 0.330. The number of rotatable bonds is 3. The van der Waals surface area contributed by atoms with Gasteiger partial charge in [0.05, 0.1) is 6.10 Å². The van der Waals surface area contributed by atoms with E-state index in [1.54, 1.807) is 0 Å². The van der Waals surface area contributed by atoms with Gasteiger partial charge in [-0.15, -0.1) is 0 Å². The van der Waals surface area contributed by atoms with Crippen molar-refractivity contribution in [2.75, 3.05) is 11.4 Å². The molecule has 0 radical (unpaired) electrons. The number of hydrogen-bond donors (Lipinski definition) is 1. The molecule has 1 N–H and O–H groups in total. The van der Waals surface area contributed by atoms with E-state index in [0.717, 1.165) is 18.5 Å². The molecule has 2 heteroatoms. The molecule has 2 rings (SSSR count). The van der Waals surface area contributed by atoms with Crippen LogP contribution in [0.15, 0.2) is 24.3 Å². The van der Waals surface area contributed by atoms with Crippen molar-refractivity contribution in [2.24, 2.45) is 0 Å². The molecule has 1 aromatic carbocycles. The van der Waals surface area contributed by atoms with Crippen LogP contribution in [0.25, 0.3) is 0 Å². The van der Waals surface area contributed by atoms with E-state index in [1.807, 2.05) is 13.0 Å². The summed E-state index contributed by atoms with van der Waals surface area (Å²) in [5, 5.41) is 10.0. The Bertz CT molecular complexity index is 350. The molecule has 0 bridgehead atoms. The van der Waals surface area contributed by atoms with Crippen LogP contribution < -0.4 is 4.90 Å². The Morgan fingerprint density at radius 2 is 2.19 bits per heavy atom. The molecule has 1 fully saturated rings. The van der Waals surface area contributed by atoms with Gasteiger partial charge in [-0.3, -0.25) is 0 Å². The molecule has 2 atom stereocenters. The van der Waals surface area contributed by atoms with Crippen molar-refractivity contribution in [1.82, 2.24) is 0 Å². The van der Waals surface area contributed by atoms with Gasteiger partial charge < -0.3 is 10.0 Å². The second-order valence-corrected chi connectivity index (χ2v) is 4.67. The Kier molecular flexibility index (Phi) is 3.49. The highest BCUT2D eigenvalue weighted by molar-refractivity contribution is 5.56. The van der Waals surface area contributed by atoms with E-state index < -0.39 is 0 Å². The molecule has 0 amide bonds. The van der Waals surface area contributed by atoms with E-state index in [0.29, 0.717) is 6.04 Å². The molecule has 1 saturated heterocycles. The Morgan fingerprint density at radius 3 is 2.81 bits per heavy atom. The maximum Gasteiger partial charge on any atom is 0.0807 e. The predicted octanol–water partition coefficient (Wildman–Crippen LogP) is 3.12. The molecule has 16 heavy (non-hydrogen) atoms. The predicted molar refractivity (Wildman–Crippen MR) is 67.7 cm³/mol. The Morgan fingerprint density at radius 1 is 1.44 bits per heavy atom. The van der Waals surface area contributed by atoms with Crippen molar-refractivity contribution < 1.29 is 5.11 Å². The number of hydrogen-bond acceptors (Lipinski definition) is 2. The molecule has 2 nitrogen and oxygen atoms in total. The number of aliphatic hydroxyl groups excluding tert-OH is 1. The zero-order valence-electron chi connectivity index (χ0n) is 10.2. The summed E-state index contributed by atoms with van der Waals surface area (Å²) < 4.78 is 0. The van der Waals surface area contributed by atoms with Crippen LogP contribution in [0, 0.1) is 0 Å². The van der Waals surface area contributed by atoms with Crippen molar-refractivity contribution in [3.63, 3.8) is 0 Å². The fourth-order valence-corrected chi connectivity index (χ4v) is 2.54. The van der Waals surface area contributed by atoms with Gasteiger partial charge in [0.15, 0.2) is 0 Å². The summed E-state index contributed by atoms with van der Waals surface area (Å²) in [5.74, 6) is 0. The van der Waals surface area contributed by atoms with Gasteiger partial charge in [0.25, 0.3) is 0 Å². The summed E-state index contributed by atoms with van der Waals surface area (Å²) in [6.07, 6.45) is 2.97. The highest BCUT2D eigenvalue weighted by Gasteiger charge is 2.23. The van der Waals surface area contributed by atoms with Crippen LogP contribution in [0.3, 0.4) is 0 Å². The van der Waals surface area contributed by atoms with Gasteiger partial charge in [-0.2, -0.15) is 0 Å². The highest BCUT2D eigenvalue weighted by Crippen LogP contribution is 2.32. The van der Waals surface area contributed by atoms with Gasteiger partial charge in [0.1, 0.15) is 0 Å². The highest BCUT2D eigenvalue weighted by atomic mass is 16.3. The van der Waals surface area contributed by atoms with Crippen molar-refractivity contribution in [1.29, 1.82) is 0 Å². The minimum atomic E-state index is -0.330. The van der Waals surface area contributed by atoms with E-state index in [4.69, 9.17) is 0 Å². The molecular weight excluding hydrogens is 198 g/mol. The van der Waals surface area contributed by atoms with Gasteiger partial charge in [0, 0.05) is 23.8 Å². The fourth-order valence-electron chi connectivity index (χ4n) is 2.54. The first-order valence-electron chi connectivity index (χ1n) is 6.27. The monoisotopic (exact) mass is 219 g/mol. The molecule has 0 aromatic heterocycles. The third-order valence-electron chi connectivity index (χ3n) is 3.54. The number of aliphatic hydroxyl groups is 1. The van der Waals surface area contributed by atoms with Gasteiger partial charge >= 0.3 is 0 Å². The van der Waals surface area contributed by atoms with Gasteiger partial charge in [0.2, 0.25) is 0 Å². The first-order valence-corrected chi connectivity index (χ1v) is 6.27. The molecule has 0 saturated carbocycles. The minimum Gasteiger partial charge on any atom is -0.388 e. The van der Waals surface area contributed by atoms with Crippen molar-refractivity contribution >= 4 is 5.69 Å². The zero-order chi connectivity index (χ0) is 11.5. The van der Waals surface area contributed by atoms with Gasteiger partial charge in [-0.05, 0) is 32.3 Å². The first-order chi connectivity index (χ1) is 7.74. The van der Waals surface area contributed by atoms with E-state index in [2.05, 4.69) is 30.0 Å². The smallest absolute Gasteiger partial charge is 0.0807 e. The molecule has 1 aliphatic heterocycles. The second kappa shape index (κ2) is 4.88. The summed E-state index contributed by atoms with van der Waals surface area (Å²) in [7, 11) is 0. The first kappa shape index (κ1) is 11.5. The standard InChI is InChI=1S/C14H21NO/c1-3-14(16)12-8-4-5-9-13(12)15-10-6-7-11(15)2/h4-5,8-9,11,14,16H,3,6-7,10H2,1-2H3/t11?,14-/m0/s1. The summed E-state index contributed by atoms with van der Waals surface area (Å²) in [4.78, 5) is 2.42. The lowest BCUT2D eigenvalue weighted by atomic mass is 10.0. The van der Waals surface area contributed by atoms with E-state index in [9.17, 15) is 5.11 Å². The van der Waals surface area contributed by atoms with Gasteiger partial charge in [-0.25, -0.2) is 0 Å². The lowest BCUT2D eigenvalue weighted by Gasteiger charge is -2.27. The number of nitrogens with zero attached hydrogens (tertiary/aromatic N) is 1. The molecule has 1 aliphatic rings. The van der Waals surface area contributed by atoms with Crippen LogP contribution in [0.2, 0.25) is 0 Å². The molecule has 1 aromatic rings. The largest absolute Gasteiger partial charge is 0.388 e. The maximum absolute atomic E-state index is 10.0. The third kappa shape index (κ3) is 2.07. The number of anilines is 1. The fraction of sp³-hybridized carbons (Fsp3) is 0.571. The van der Waals surface area contributed by atoms with Crippen LogP contribution in [0.4, 0.5) is 5.69 Å². The molecule has 1 unspecified atom stereocenters. The SMILES string of the molecule is CC[C@H](O)c1ccccc1N1CCCC1C. The summed E-state index contributed by atoms with van der Waals surface area (Å²) in [6.45, 7) is 5.41. The topological polar surface area (TPSA) is 23.5 Å². The van der Waals surface area contributed by atoms with E-state index >= 15 is 0 Å². The second-order valence-electron chi connectivity index (χ2n) is 4.67. The average Bonchev–Trinajstić information content (AvgIpc) is 2.74. The van der Waals surface area contributed by atoms with Crippen LogP contribution >= 0.6 is 0 Å². The maximum atomic E-state index is 10.0. The lowest BCUT2D eigenvalue weighted by Crippen LogP contribution is -2.27. The Balaban J connectivity index is 2.32. The molecular formula is C14H21NO. The van der Waals surface area contributed by atoms with Crippen molar-refractivity contribution in [2.45, 2.75) is 45.3 Å². The van der Waals surface area contributed by atoms with Crippen LogP contribution in [0.1, 0.15) is 44.8 Å². The zero-order valence-corrected chi connectivity index (χ0v) is 10.2. The van der Waals surface area contributed by atoms with Crippen LogP contribution in [0.5, 0.6) is 0 Å².